The van der Waals surface area contributed by atoms with Crippen LogP contribution < -0.4 is 0 Å². The first kappa shape index (κ1) is 22.7. The first-order valence-corrected chi connectivity index (χ1v) is 10.3. The summed E-state index contributed by atoms with van der Waals surface area (Å²) in [5, 5.41) is 8.58. The van der Waals surface area contributed by atoms with Crippen LogP contribution >= 0.6 is 0 Å². The highest BCUT2D eigenvalue weighted by Gasteiger charge is 1.92. The number of rotatable bonds is 19. The van der Waals surface area contributed by atoms with E-state index in [0.29, 0.717) is 6.61 Å². The molecular formula is C21H42O2. The lowest BCUT2D eigenvalue weighted by Gasteiger charge is -2.02. The van der Waals surface area contributed by atoms with Crippen LogP contribution in [0.5, 0.6) is 0 Å². The van der Waals surface area contributed by atoms with Crippen LogP contribution in [-0.2, 0) is 4.74 Å². The van der Waals surface area contributed by atoms with Crippen LogP contribution in [-0.4, -0.2) is 24.9 Å². The van der Waals surface area contributed by atoms with Crippen LogP contribution in [0.4, 0.5) is 0 Å². The Balaban J connectivity index is 3.02. The van der Waals surface area contributed by atoms with Crippen molar-refractivity contribution in [1.29, 1.82) is 0 Å². The molecule has 0 aromatic heterocycles. The Morgan fingerprint density at radius 2 is 1.09 bits per heavy atom. The maximum absolute atomic E-state index is 8.58. The van der Waals surface area contributed by atoms with Crippen molar-refractivity contribution in [2.75, 3.05) is 19.8 Å². The van der Waals surface area contributed by atoms with Crippen molar-refractivity contribution in [3.8, 4) is 0 Å². The Bertz CT molecular complexity index is 226. The third-order valence-corrected chi connectivity index (χ3v) is 4.29. The number of hydrogen-bond donors (Lipinski definition) is 1. The van der Waals surface area contributed by atoms with Gasteiger partial charge in [-0.3, -0.25) is 0 Å². The fourth-order valence-corrected chi connectivity index (χ4v) is 2.80. The maximum atomic E-state index is 8.58. The van der Waals surface area contributed by atoms with Crippen molar-refractivity contribution in [2.24, 2.45) is 0 Å². The second kappa shape index (κ2) is 21.7. The van der Waals surface area contributed by atoms with Crippen molar-refractivity contribution >= 4 is 0 Å². The zero-order valence-electron chi connectivity index (χ0n) is 15.7. The van der Waals surface area contributed by atoms with E-state index in [9.17, 15) is 0 Å². The summed E-state index contributed by atoms with van der Waals surface area (Å²) in [7, 11) is 0. The minimum Gasteiger partial charge on any atom is -0.394 e. The number of allylic oxidation sites excluding steroid dienone is 2. The van der Waals surface area contributed by atoms with Crippen LogP contribution in [0, 0.1) is 0 Å². The van der Waals surface area contributed by atoms with E-state index in [1.54, 1.807) is 0 Å². The van der Waals surface area contributed by atoms with Gasteiger partial charge in [0, 0.05) is 6.61 Å². The molecule has 0 spiro atoms. The molecule has 0 saturated carbocycles. The molecule has 0 rings (SSSR count). The lowest BCUT2D eigenvalue weighted by Crippen LogP contribution is -2.00. The first-order chi connectivity index (χ1) is 11.4. The quantitative estimate of drug-likeness (QED) is 0.219. The number of aliphatic hydroxyl groups excluding tert-OH is 1. The summed E-state index contributed by atoms with van der Waals surface area (Å²) in [4.78, 5) is 0. The number of hydrogen-bond acceptors (Lipinski definition) is 2. The molecule has 0 atom stereocenters. The molecule has 2 heteroatoms. The van der Waals surface area contributed by atoms with Crippen LogP contribution in [0.15, 0.2) is 12.2 Å². The van der Waals surface area contributed by atoms with Gasteiger partial charge in [-0.15, -0.1) is 0 Å². The van der Waals surface area contributed by atoms with E-state index in [2.05, 4.69) is 19.1 Å². The van der Waals surface area contributed by atoms with Gasteiger partial charge in [0.25, 0.3) is 0 Å². The fraction of sp³-hybridized carbons (Fsp3) is 0.905. The van der Waals surface area contributed by atoms with Gasteiger partial charge in [-0.25, -0.2) is 0 Å². The molecule has 0 aliphatic rings. The molecule has 0 heterocycles. The predicted octanol–water partition coefficient (Wildman–Crippen LogP) is 6.42. The Hall–Kier alpha value is -0.340. The van der Waals surface area contributed by atoms with Gasteiger partial charge < -0.3 is 9.84 Å². The largest absolute Gasteiger partial charge is 0.394 e. The van der Waals surface area contributed by atoms with Crippen molar-refractivity contribution in [1.82, 2.24) is 0 Å². The lowest BCUT2D eigenvalue weighted by molar-refractivity contribution is 0.0895. The lowest BCUT2D eigenvalue weighted by atomic mass is 10.1. The van der Waals surface area contributed by atoms with E-state index >= 15 is 0 Å². The number of ether oxygens (including phenoxy) is 1. The molecule has 1 N–H and O–H groups in total. The van der Waals surface area contributed by atoms with Crippen LogP contribution in [0.25, 0.3) is 0 Å². The van der Waals surface area contributed by atoms with Gasteiger partial charge in [-0.2, -0.15) is 0 Å². The molecule has 138 valence electrons. The highest BCUT2D eigenvalue weighted by Crippen LogP contribution is 2.10. The maximum Gasteiger partial charge on any atom is 0.0697 e. The highest BCUT2D eigenvalue weighted by molar-refractivity contribution is 4.81. The van der Waals surface area contributed by atoms with E-state index in [1.165, 1.54) is 89.9 Å². The van der Waals surface area contributed by atoms with E-state index in [-0.39, 0.29) is 6.61 Å². The first-order valence-electron chi connectivity index (χ1n) is 10.3. The molecule has 0 aliphatic carbocycles. The minimum absolute atomic E-state index is 0.146. The molecule has 0 amide bonds. The highest BCUT2D eigenvalue weighted by atomic mass is 16.5. The second-order valence-corrected chi connectivity index (χ2v) is 6.63. The molecule has 2 nitrogen and oxygen atoms in total. The molecule has 0 radical (unpaired) electrons. The SMILES string of the molecule is CCCCCCCC/C=C\CCCCCCCCCOCCO. The summed E-state index contributed by atoms with van der Waals surface area (Å²) in [6.07, 6.45) is 24.9. The van der Waals surface area contributed by atoms with E-state index in [0.717, 1.165) is 13.0 Å². The van der Waals surface area contributed by atoms with Crippen LogP contribution in [0.2, 0.25) is 0 Å². The zero-order valence-corrected chi connectivity index (χ0v) is 15.7. The molecular weight excluding hydrogens is 284 g/mol. The summed E-state index contributed by atoms with van der Waals surface area (Å²) >= 11 is 0. The molecule has 0 aromatic carbocycles. The third kappa shape index (κ3) is 21.7. The predicted molar refractivity (Wildman–Crippen MR) is 102 cm³/mol. The van der Waals surface area contributed by atoms with Gasteiger partial charge in [0.2, 0.25) is 0 Å². The smallest absolute Gasteiger partial charge is 0.0697 e. The Labute approximate surface area is 145 Å². The van der Waals surface area contributed by atoms with Gasteiger partial charge in [0.15, 0.2) is 0 Å². The normalized spacial score (nSPS) is 11.6. The van der Waals surface area contributed by atoms with Crippen molar-refractivity contribution < 1.29 is 9.84 Å². The minimum atomic E-state index is 0.146. The monoisotopic (exact) mass is 326 g/mol. The Morgan fingerprint density at radius 1 is 0.609 bits per heavy atom. The summed E-state index contributed by atoms with van der Waals surface area (Å²) in [5.74, 6) is 0. The topological polar surface area (TPSA) is 29.5 Å². The fourth-order valence-electron chi connectivity index (χ4n) is 2.80. The van der Waals surface area contributed by atoms with Crippen LogP contribution in [0.3, 0.4) is 0 Å². The van der Waals surface area contributed by atoms with Crippen molar-refractivity contribution in [2.45, 2.75) is 103 Å². The van der Waals surface area contributed by atoms with Gasteiger partial charge in [0.05, 0.1) is 13.2 Å². The zero-order chi connectivity index (χ0) is 16.8. The summed E-state index contributed by atoms with van der Waals surface area (Å²) < 4.78 is 5.25. The molecule has 23 heavy (non-hydrogen) atoms. The molecule has 0 fully saturated rings. The third-order valence-electron chi connectivity index (χ3n) is 4.29. The van der Waals surface area contributed by atoms with Crippen molar-refractivity contribution in [3.63, 3.8) is 0 Å². The summed E-state index contributed by atoms with van der Waals surface area (Å²) in [5.41, 5.74) is 0. The molecule has 0 bridgehead atoms. The van der Waals surface area contributed by atoms with Crippen LogP contribution in [0.1, 0.15) is 103 Å². The number of aliphatic hydroxyl groups is 1. The van der Waals surface area contributed by atoms with E-state index in [4.69, 9.17) is 9.84 Å². The average molecular weight is 327 g/mol. The second-order valence-electron chi connectivity index (χ2n) is 6.63. The molecule has 0 aromatic rings. The van der Waals surface area contributed by atoms with Gasteiger partial charge >= 0.3 is 0 Å². The average Bonchev–Trinajstić information content (AvgIpc) is 2.57. The Morgan fingerprint density at radius 3 is 1.61 bits per heavy atom. The summed E-state index contributed by atoms with van der Waals surface area (Å²) in [6, 6.07) is 0. The number of unbranched alkanes of at least 4 members (excludes halogenated alkanes) is 13. The standard InChI is InChI=1S/C21H42O2/c1-2-3-4-5-6-7-8-9-10-11-12-13-14-15-16-17-18-20-23-21-19-22/h9-10,22H,2-8,11-21H2,1H3/b10-9-. The molecule has 0 aliphatic heterocycles. The molecule has 0 saturated heterocycles. The van der Waals surface area contributed by atoms with Gasteiger partial charge in [-0.05, 0) is 32.1 Å². The van der Waals surface area contributed by atoms with Gasteiger partial charge in [-0.1, -0.05) is 83.3 Å². The molecule has 0 unspecified atom stereocenters. The van der Waals surface area contributed by atoms with E-state index < -0.39 is 0 Å². The summed E-state index contributed by atoms with van der Waals surface area (Å²) in [6.45, 7) is 3.72. The van der Waals surface area contributed by atoms with E-state index in [1.807, 2.05) is 0 Å². The van der Waals surface area contributed by atoms with Gasteiger partial charge in [0.1, 0.15) is 0 Å². The Kier molecular flexibility index (Phi) is 21.3. The van der Waals surface area contributed by atoms with Crippen molar-refractivity contribution in [3.05, 3.63) is 12.2 Å².